The highest BCUT2D eigenvalue weighted by atomic mass is 19.4. The van der Waals surface area contributed by atoms with Crippen LogP contribution in [0.1, 0.15) is 23.7 Å². The van der Waals surface area contributed by atoms with Crippen LogP contribution in [0.3, 0.4) is 0 Å². The second-order valence-corrected chi connectivity index (χ2v) is 8.84. The van der Waals surface area contributed by atoms with Gasteiger partial charge >= 0.3 is 12.1 Å². The summed E-state index contributed by atoms with van der Waals surface area (Å²) in [6.07, 6.45) is -7.83. The SMILES string of the molecule is CCC(NC(=O)c1cn(-c2ncc(F)cc2F)c2nc(N3CC(O)[C@H](O)C3)ccc2c1=O)C(F)(F)C(F)(F)F. The second kappa shape index (κ2) is 10.1. The number of β-amino-alcohol motifs (C(OH)–C–C–N with tert-alkyl or cyclic N) is 2. The highest BCUT2D eigenvalue weighted by Crippen LogP contribution is 2.39. The van der Waals surface area contributed by atoms with Crippen LogP contribution in [0.25, 0.3) is 16.9 Å². The van der Waals surface area contributed by atoms with Crippen LogP contribution < -0.4 is 15.6 Å². The molecule has 39 heavy (non-hydrogen) atoms. The van der Waals surface area contributed by atoms with Crippen LogP contribution in [-0.2, 0) is 0 Å². The van der Waals surface area contributed by atoms with Gasteiger partial charge in [-0.05, 0) is 18.6 Å². The van der Waals surface area contributed by atoms with Gasteiger partial charge in [-0.1, -0.05) is 6.92 Å². The van der Waals surface area contributed by atoms with E-state index in [0.29, 0.717) is 18.5 Å². The van der Waals surface area contributed by atoms with Crippen LogP contribution in [0.2, 0.25) is 0 Å². The van der Waals surface area contributed by atoms with Crippen molar-refractivity contribution in [3.8, 4) is 5.82 Å². The lowest BCUT2D eigenvalue weighted by molar-refractivity contribution is -0.292. The molecule has 9 nitrogen and oxygen atoms in total. The molecule has 0 saturated carbocycles. The normalized spacial score (nSPS) is 19.0. The Morgan fingerprint density at radius 2 is 1.79 bits per heavy atom. The predicted molar refractivity (Wildman–Crippen MR) is 122 cm³/mol. The molecular weight excluding hydrogens is 543 g/mol. The molecule has 1 aliphatic heterocycles. The minimum absolute atomic E-state index is 0.0562. The summed E-state index contributed by atoms with van der Waals surface area (Å²) in [5.41, 5.74) is -2.41. The topological polar surface area (TPSA) is 121 Å². The Kier molecular flexibility index (Phi) is 7.29. The average molecular weight is 563 g/mol. The lowest BCUT2D eigenvalue weighted by Gasteiger charge is -2.28. The van der Waals surface area contributed by atoms with Gasteiger partial charge < -0.3 is 20.4 Å². The number of fused-ring (bicyclic) bond motifs is 1. The molecule has 16 heteroatoms. The number of anilines is 1. The van der Waals surface area contributed by atoms with Gasteiger partial charge in [0.1, 0.15) is 23.2 Å². The van der Waals surface area contributed by atoms with Crippen molar-refractivity contribution in [3.05, 3.63) is 58.0 Å². The molecule has 1 amide bonds. The molecule has 3 aromatic heterocycles. The molecular formula is C23H20F7N5O4. The third kappa shape index (κ3) is 5.13. The minimum atomic E-state index is -6.00. The van der Waals surface area contributed by atoms with E-state index in [1.165, 1.54) is 16.3 Å². The van der Waals surface area contributed by atoms with Crippen LogP contribution >= 0.6 is 0 Å². The van der Waals surface area contributed by atoms with Gasteiger partial charge in [0.05, 0.1) is 23.8 Å². The number of alkyl halides is 5. The molecule has 3 aromatic rings. The maximum absolute atomic E-state index is 14.7. The summed E-state index contributed by atoms with van der Waals surface area (Å²) >= 11 is 0. The van der Waals surface area contributed by atoms with Gasteiger partial charge in [-0.2, -0.15) is 22.0 Å². The van der Waals surface area contributed by atoms with Crippen molar-refractivity contribution in [2.24, 2.45) is 0 Å². The minimum Gasteiger partial charge on any atom is -0.389 e. The van der Waals surface area contributed by atoms with Crippen LogP contribution in [-0.4, -0.2) is 74.1 Å². The number of hydrogen-bond donors (Lipinski definition) is 3. The van der Waals surface area contributed by atoms with Crippen molar-refractivity contribution in [2.45, 2.75) is 43.7 Å². The molecule has 0 bridgehead atoms. The summed E-state index contributed by atoms with van der Waals surface area (Å²) in [7, 11) is 0. The van der Waals surface area contributed by atoms with Crippen LogP contribution in [0.5, 0.6) is 0 Å². The molecule has 3 N–H and O–H groups in total. The van der Waals surface area contributed by atoms with Crippen LogP contribution in [0, 0.1) is 11.6 Å². The zero-order chi connectivity index (χ0) is 28.9. The quantitative estimate of drug-likeness (QED) is 0.394. The van der Waals surface area contributed by atoms with Crippen molar-refractivity contribution in [1.82, 2.24) is 19.9 Å². The molecule has 3 atom stereocenters. The summed E-state index contributed by atoms with van der Waals surface area (Å²) in [5.74, 6) is -9.87. The van der Waals surface area contributed by atoms with E-state index in [4.69, 9.17) is 0 Å². The molecule has 4 rings (SSSR count). The Morgan fingerprint density at radius 3 is 2.36 bits per heavy atom. The van der Waals surface area contributed by atoms with Gasteiger partial charge in [-0.3, -0.25) is 14.2 Å². The number of hydrogen-bond acceptors (Lipinski definition) is 7. The first-order valence-corrected chi connectivity index (χ1v) is 11.4. The van der Waals surface area contributed by atoms with Crippen LogP contribution in [0.4, 0.5) is 36.6 Å². The largest absolute Gasteiger partial charge is 0.455 e. The Bertz CT molecular complexity index is 1470. The predicted octanol–water partition coefficient (Wildman–Crippen LogP) is 2.31. The van der Waals surface area contributed by atoms with Crippen molar-refractivity contribution in [2.75, 3.05) is 18.0 Å². The van der Waals surface area contributed by atoms with Crippen molar-refractivity contribution >= 4 is 22.8 Å². The standard InChI is InChI=1S/C23H20F7N5O4/c1-2-16(22(26,27)23(28,29)30)32-21(39)12-7-35(20-13(25)5-10(24)6-31-20)19-11(18(12)38)3-4-17(33-19)34-8-14(36)15(37)9-34/h3-7,14-16,36-37H,2,8-9H2,1H3,(H,32,39)/t14-,15?,16?/m1/s1. The first-order valence-electron chi connectivity index (χ1n) is 11.4. The first kappa shape index (κ1) is 28.2. The summed E-state index contributed by atoms with van der Waals surface area (Å²) < 4.78 is 95.6. The summed E-state index contributed by atoms with van der Waals surface area (Å²) in [6, 6.07) is 0.0949. The smallest absolute Gasteiger partial charge is 0.389 e. The molecule has 0 radical (unpaired) electrons. The molecule has 210 valence electrons. The lowest BCUT2D eigenvalue weighted by Crippen LogP contribution is -2.55. The van der Waals surface area contributed by atoms with E-state index >= 15 is 0 Å². The van der Waals surface area contributed by atoms with Crippen molar-refractivity contribution in [3.63, 3.8) is 0 Å². The number of amides is 1. The number of aromatic nitrogens is 3. The number of pyridine rings is 3. The van der Waals surface area contributed by atoms with Gasteiger partial charge in [0.2, 0.25) is 5.43 Å². The van der Waals surface area contributed by atoms with E-state index in [1.807, 2.05) is 0 Å². The number of carbonyl (C=O) groups excluding carboxylic acids is 1. The fraction of sp³-hybridized carbons (Fsp3) is 0.391. The number of carbonyl (C=O) groups is 1. The molecule has 0 aromatic carbocycles. The molecule has 1 aliphatic rings. The number of rotatable bonds is 6. The number of nitrogens with zero attached hydrogens (tertiary/aromatic N) is 4. The summed E-state index contributed by atoms with van der Waals surface area (Å²) in [4.78, 5) is 35.3. The van der Waals surface area contributed by atoms with Gasteiger partial charge in [0, 0.05) is 25.4 Å². The Hall–Kier alpha value is -3.79. The number of aliphatic hydroxyl groups excluding tert-OH is 2. The third-order valence-corrected chi connectivity index (χ3v) is 6.21. The monoisotopic (exact) mass is 563 g/mol. The fourth-order valence-electron chi connectivity index (χ4n) is 4.12. The maximum atomic E-state index is 14.7. The highest BCUT2D eigenvalue weighted by Gasteiger charge is 2.62. The number of halogens is 7. The third-order valence-electron chi connectivity index (χ3n) is 6.21. The van der Waals surface area contributed by atoms with Crippen molar-refractivity contribution in [1.29, 1.82) is 0 Å². The van der Waals surface area contributed by atoms with E-state index in [9.17, 15) is 50.5 Å². The summed E-state index contributed by atoms with van der Waals surface area (Å²) in [5, 5.41) is 20.8. The second-order valence-electron chi connectivity index (χ2n) is 8.84. The van der Waals surface area contributed by atoms with Crippen LogP contribution in [0.15, 0.2) is 35.4 Å². The first-order chi connectivity index (χ1) is 18.2. The van der Waals surface area contributed by atoms with Gasteiger partial charge in [0.15, 0.2) is 17.3 Å². The van der Waals surface area contributed by atoms with Crippen molar-refractivity contribution < 1.29 is 45.7 Å². The Morgan fingerprint density at radius 1 is 1.15 bits per heavy atom. The van der Waals surface area contributed by atoms with E-state index < -0.39 is 71.1 Å². The van der Waals surface area contributed by atoms with E-state index in [-0.39, 0.29) is 29.9 Å². The zero-order valence-electron chi connectivity index (χ0n) is 19.9. The van der Waals surface area contributed by atoms with Gasteiger partial charge in [0.25, 0.3) is 5.91 Å². The molecule has 4 heterocycles. The van der Waals surface area contributed by atoms with Gasteiger partial charge in [-0.15, -0.1) is 0 Å². The average Bonchev–Trinajstić information content (AvgIpc) is 3.20. The summed E-state index contributed by atoms with van der Waals surface area (Å²) in [6.45, 7) is 0.859. The van der Waals surface area contributed by atoms with E-state index in [1.54, 1.807) is 0 Å². The molecule has 1 saturated heterocycles. The van der Waals surface area contributed by atoms with E-state index in [2.05, 4.69) is 9.97 Å². The molecule has 2 unspecified atom stereocenters. The molecule has 1 fully saturated rings. The maximum Gasteiger partial charge on any atom is 0.455 e. The lowest BCUT2D eigenvalue weighted by atomic mass is 10.1. The zero-order valence-corrected chi connectivity index (χ0v) is 19.9. The molecule has 0 spiro atoms. The molecule has 0 aliphatic carbocycles. The fourth-order valence-corrected chi connectivity index (χ4v) is 4.12. The Balaban J connectivity index is 1.88. The number of aliphatic hydroxyl groups is 2. The van der Waals surface area contributed by atoms with E-state index in [0.717, 1.165) is 17.6 Å². The number of nitrogens with one attached hydrogen (secondary N) is 1. The Labute approximate surface area is 214 Å². The van der Waals surface area contributed by atoms with Gasteiger partial charge in [-0.25, -0.2) is 18.7 Å². The highest BCUT2D eigenvalue weighted by molar-refractivity contribution is 5.97.